The first-order valence-electron chi connectivity index (χ1n) is 5.80. The zero-order valence-electron chi connectivity index (χ0n) is 10.4. The molecule has 1 atom stereocenters. The van der Waals surface area contributed by atoms with Crippen LogP contribution in [0.2, 0.25) is 0 Å². The van der Waals surface area contributed by atoms with Crippen LogP contribution in [0, 0.1) is 0 Å². The van der Waals surface area contributed by atoms with E-state index in [-0.39, 0.29) is 18.4 Å². The smallest absolute Gasteiger partial charge is 0.318 e. The van der Waals surface area contributed by atoms with Crippen LogP contribution in [0.25, 0.3) is 0 Å². The Bertz CT molecular complexity index is 333. The van der Waals surface area contributed by atoms with Crippen molar-refractivity contribution in [2.75, 3.05) is 33.2 Å². The second-order valence-electron chi connectivity index (χ2n) is 4.03. The molecule has 0 spiro atoms. The molecule has 0 aliphatic carbocycles. The molecule has 0 aromatic carbocycles. The molecule has 1 heterocycles. The van der Waals surface area contributed by atoms with Crippen LogP contribution in [0.5, 0.6) is 0 Å². The van der Waals surface area contributed by atoms with E-state index in [1.165, 1.54) is 0 Å². The largest absolute Gasteiger partial charge is 0.358 e. The van der Waals surface area contributed by atoms with E-state index in [0.29, 0.717) is 19.6 Å². The third-order valence-corrected chi connectivity index (χ3v) is 2.79. The highest BCUT2D eigenvalue weighted by Gasteiger charge is 2.27. The first-order valence-corrected chi connectivity index (χ1v) is 5.80. The van der Waals surface area contributed by atoms with Gasteiger partial charge >= 0.3 is 6.03 Å². The number of nitrogens with two attached hydrogens (primary N) is 1. The van der Waals surface area contributed by atoms with Gasteiger partial charge in [0.2, 0.25) is 11.8 Å². The number of likely N-dealkylation sites (N-methyl/N-ethyl adjacent to an activating group) is 1. The molecule has 1 aliphatic heterocycles. The van der Waals surface area contributed by atoms with Gasteiger partial charge in [-0.2, -0.15) is 0 Å². The molecule has 4 amide bonds. The quantitative estimate of drug-likeness (QED) is 0.447. The number of rotatable bonds is 4. The van der Waals surface area contributed by atoms with Crippen molar-refractivity contribution in [1.82, 2.24) is 20.9 Å². The molecular formula is C10H19N5O3. The number of imide groups is 1. The first kappa shape index (κ1) is 14.4. The number of primary amides is 1. The molecule has 1 unspecified atom stereocenters. The van der Waals surface area contributed by atoms with E-state index >= 15 is 0 Å². The fourth-order valence-electron chi connectivity index (χ4n) is 1.88. The lowest BCUT2D eigenvalue weighted by atomic mass is 10.1. The minimum atomic E-state index is -0.858. The van der Waals surface area contributed by atoms with Gasteiger partial charge in [0.15, 0.2) is 0 Å². The Morgan fingerprint density at radius 1 is 1.44 bits per heavy atom. The summed E-state index contributed by atoms with van der Waals surface area (Å²) >= 11 is 0. The highest BCUT2D eigenvalue weighted by Crippen LogP contribution is 2.04. The summed E-state index contributed by atoms with van der Waals surface area (Å²) in [5.41, 5.74) is 4.84. The van der Waals surface area contributed by atoms with Crippen molar-refractivity contribution in [3.05, 3.63) is 0 Å². The lowest BCUT2D eigenvalue weighted by Crippen LogP contribution is -2.57. The van der Waals surface area contributed by atoms with Gasteiger partial charge in [-0.1, -0.05) is 0 Å². The van der Waals surface area contributed by atoms with Crippen LogP contribution in [0.3, 0.4) is 0 Å². The molecule has 0 aromatic rings. The van der Waals surface area contributed by atoms with E-state index in [1.807, 2.05) is 10.2 Å². The molecule has 1 rings (SSSR count). The lowest BCUT2D eigenvalue weighted by molar-refractivity contribution is -0.128. The molecule has 102 valence electrons. The maximum atomic E-state index is 11.6. The highest BCUT2D eigenvalue weighted by atomic mass is 16.2. The zero-order chi connectivity index (χ0) is 13.5. The van der Waals surface area contributed by atoms with Gasteiger partial charge < -0.3 is 16.4 Å². The summed E-state index contributed by atoms with van der Waals surface area (Å²) in [4.78, 5) is 35.3. The van der Waals surface area contributed by atoms with Crippen molar-refractivity contribution in [3.63, 3.8) is 0 Å². The molecule has 8 heteroatoms. The number of nitrogens with zero attached hydrogens (tertiary/aromatic N) is 1. The SMILES string of the molecule is CNC(=O)C1CNCCN1CCC(=O)NC(N)=O. The van der Waals surface area contributed by atoms with Crippen molar-refractivity contribution in [2.45, 2.75) is 12.5 Å². The normalized spacial score (nSPS) is 20.2. The van der Waals surface area contributed by atoms with Gasteiger partial charge in [0.1, 0.15) is 6.04 Å². The van der Waals surface area contributed by atoms with Gasteiger partial charge in [0.05, 0.1) is 0 Å². The Morgan fingerprint density at radius 2 is 2.17 bits per heavy atom. The minimum absolute atomic E-state index is 0.0856. The number of carbonyl (C=O) groups is 3. The van der Waals surface area contributed by atoms with Crippen molar-refractivity contribution in [1.29, 1.82) is 0 Å². The van der Waals surface area contributed by atoms with Crippen LogP contribution in [-0.4, -0.2) is 62.0 Å². The van der Waals surface area contributed by atoms with Gasteiger partial charge in [0, 0.05) is 39.6 Å². The second-order valence-corrected chi connectivity index (χ2v) is 4.03. The summed E-state index contributed by atoms with van der Waals surface area (Å²) in [5.74, 6) is -0.519. The predicted octanol–water partition coefficient (Wildman–Crippen LogP) is -2.41. The van der Waals surface area contributed by atoms with Crippen molar-refractivity contribution in [3.8, 4) is 0 Å². The first-order chi connectivity index (χ1) is 8.54. The van der Waals surface area contributed by atoms with Gasteiger partial charge in [-0.15, -0.1) is 0 Å². The molecule has 5 N–H and O–H groups in total. The standard InChI is InChI=1S/C10H19N5O3/c1-12-9(17)7-6-13-3-5-15(7)4-2-8(16)14-10(11)18/h7,13H,2-6H2,1H3,(H,12,17)(H3,11,14,16,18). The Morgan fingerprint density at radius 3 is 2.78 bits per heavy atom. The number of carbonyl (C=O) groups excluding carboxylic acids is 3. The van der Waals surface area contributed by atoms with Gasteiger partial charge in [-0.25, -0.2) is 4.79 Å². The van der Waals surface area contributed by atoms with Crippen LogP contribution in [0.1, 0.15) is 6.42 Å². The van der Waals surface area contributed by atoms with Crippen LogP contribution < -0.4 is 21.7 Å². The van der Waals surface area contributed by atoms with E-state index in [9.17, 15) is 14.4 Å². The molecule has 0 radical (unpaired) electrons. The van der Waals surface area contributed by atoms with Crippen LogP contribution in [0.15, 0.2) is 0 Å². The van der Waals surface area contributed by atoms with E-state index in [1.54, 1.807) is 7.05 Å². The van der Waals surface area contributed by atoms with Crippen molar-refractivity contribution in [2.24, 2.45) is 5.73 Å². The zero-order valence-corrected chi connectivity index (χ0v) is 10.4. The van der Waals surface area contributed by atoms with E-state index in [0.717, 1.165) is 6.54 Å². The van der Waals surface area contributed by atoms with Crippen LogP contribution >= 0.6 is 0 Å². The number of hydrogen-bond donors (Lipinski definition) is 4. The third kappa shape index (κ3) is 4.30. The summed E-state index contributed by atoms with van der Waals surface area (Å²) in [7, 11) is 1.58. The van der Waals surface area contributed by atoms with Crippen molar-refractivity contribution >= 4 is 17.8 Å². The lowest BCUT2D eigenvalue weighted by Gasteiger charge is -2.34. The van der Waals surface area contributed by atoms with Crippen LogP contribution in [-0.2, 0) is 9.59 Å². The van der Waals surface area contributed by atoms with E-state index in [4.69, 9.17) is 5.73 Å². The summed E-state index contributed by atoms with van der Waals surface area (Å²) in [6.07, 6.45) is 0.135. The molecular weight excluding hydrogens is 238 g/mol. The van der Waals surface area contributed by atoms with Gasteiger partial charge in [-0.05, 0) is 0 Å². The molecule has 1 saturated heterocycles. The molecule has 0 saturated carbocycles. The summed E-state index contributed by atoms with van der Waals surface area (Å²) in [6, 6.07) is -1.15. The summed E-state index contributed by atoms with van der Waals surface area (Å²) in [6.45, 7) is 2.42. The third-order valence-electron chi connectivity index (χ3n) is 2.79. The minimum Gasteiger partial charge on any atom is -0.358 e. The molecule has 1 fully saturated rings. The van der Waals surface area contributed by atoms with Crippen molar-refractivity contribution < 1.29 is 14.4 Å². The topological polar surface area (TPSA) is 117 Å². The Labute approximate surface area is 105 Å². The molecule has 8 nitrogen and oxygen atoms in total. The Balaban J connectivity index is 2.45. The fraction of sp³-hybridized carbons (Fsp3) is 0.700. The van der Waals surface area contributed by atoms with Gasteiger partial charge in [-0.3, -0.25) is 19.8 Å². The number of amides is 4. The van der Waals surface area contributed by atoms with E-state index < -0.39 is 11.9 Å². The number of urea groups is 1. The Kier molecular flexibility index (Phi) is 5.53. The average molecular weight is 257 g/mol. The number of piperazine rings is 1. The molecule has 18 heavy (non-hydrogen) atoms. The second kappa shape index (κ2) is 6.92. The fourth-order valence-corrected chi connectivity index (χ4v) is 1.88. The summed E-state index contributed by atoms with van der Waals surface area (Å²) < 4.78 is 0. The average Bonchev–Trinajstić information content (AvgIpc) is 2.35. The number of hydrogen-bond acceptors (Lipinski definition) is 5. The van der Waals surface area contributed by atoms with Gasteiger partial charge in [0.25, 0.3) is 0 Å². The summed E-state index contributed by atoms with van der Waals surface area (Å²) in [5, 5.41) is 7.71. The molecule has 1 aliphatic rings. The predicted molar refractivity (Wildman–Crippen MR) is 64.6 cm³/mol. The highest BCUT2D eigenvalue weighted by molar-refractivity contribution is 5.93. The van der Waals surface area contributed by atoms with E-state index in [2.05, 4.69) is 10.6 Å². The molecule has 0 aromatic heterocycles. The monoisotopic (exact) mass is 257 g/mol. The maximum Gasteiger partial charge on any atom is 0.318 e. The Hall–Kier alpha value is -1.67. The maximum absolute atomic E-state index is 11.6. The van der Waals surface area contributed by atoms with Crippen LogP contribution in [0.4, 0.5) is 4.79 Å². The molecule has 0 bridgehead atoms. The number of nitrogens with one attached hydrogen (secondary N) is 3.